The first-order chi connectivity index (χ1) is 18.6. The molecule has 4 aromatic rings. The molecule has 39 heavy (non-hydrogen) atoms. The van der Waals surface area contributed by atoms with E-state index in [1.54, 1.807) is 44.0 Å². The van der Waals surface area contributed by atoms with Gasteiger partial charge >= 0.3 is 0 Å². The van der Waals surface area contributed by atoms with E-state index in [0.717, 1.165) is 35.3 Å². The Bertz CT molecular complexity index is 1590. The second kappa shape index (κ2) is 10.4. The lowest BCUT2D eigenvalue weighted by molar-refractivity contribution is 0.0687. The molecule has 3 heterocycles. The molecule has 1 aromatic carbocycles. The fourth-order valence-corrected chi connectivity index (χ4v) is 4.63. The van der Waals surface area contributed by atoms with Crippen LogP contribution in [0.5, 0.6) is 11.5 Å². The van der Waals surface area contributed by atoms with E-state index >= 15 is 0 Å². The Morgan fingerprint density at radius 1 is 1.10 bits per heavy atom. The van der Waals surface area contributed by atoms with E-state index in [-0.39, 0.29) is 17.2 Å². The van der Waals surface area contributed by atoms with Gasteiger partial charge in [-0.3, -0.25) is 14.3 Å². The number of methoxy groups -OCH3 is 1. The van der Waals surface area contributed by atoms with E-state index in [1.807, 2.05) is 44.2 Å². The first-order valence-corrected chi connectivity index (χ1v) is 13.2. The van der Waals surface area contributed by atoms with Gasteiger partial charge in [-0.25, -0.2) is 9.97 Å². The predicted octanol–water partition coefficient (Wildman–Crippen LogP) is 5.65. The van der Waals surface area contributed by atoms with Gasteiger partial charge in [0.1, 0.15) is 28.7 Å². The van der Waals surface area contributed by atoms with Crippen molar-refractivity contribution in [1.82, 2.24) is 19.5 Å². The SMILES string of the molecule is COc1ccc(COc2cc(C)n(-c3cc(-c4nc(C(C)(C)O)ncc4C4CC4)ncc3C)c(=O)c2Cl)cc1. The number of nitrogens with zero attached hydrogens (tertiary/aromatic N) is 4. The van der Waals surface area contributed by atoms with Crippen molar-refractivity contribution < 1.29 is 14.6 Å². The molecule has 0 saturated heterocycles. The molecule has 0 radical (unpaired) electrons. The molecule has 1 aliphatic carbocycles. The van der Waals surface area contributed by atoms with Gasteiger partial charge < -0.3 is 14.6 Å². The van der Waals surface area contributed by atoms with E-state index in [1.165, 1.54) is 0 Å². The Labute approximate surface area is 232 Å². The molecule has 8 nitrogen and oxygen atoms in total. The van der Waals surface area contributed by atoms with Crippen molar-refractivity contribution in [1.29, 1.82) is 0 Å². The number of halogens is 1. The van der Waals surface area contributed by atoms with E-state index in [9.17, 15) is 9.90 Å². The van der Waals surface area contributed by atoms with Crippen molar-refractivity contribution >= 4 is 11.6 Å². The van der Waals surface area contributed by atoms with Crippen LogP contribution >= 0.6 is 11.6 Å². The fraction of sp³-hybridized carbons (Fsp3) is 0.333. The number of aliphatic hydroxyl groups is 1. The Hall–Kier alpha value is -3.75. The maximum atomic E-state index is 13.5. The summed E-state index contributed by atoms with van der Waals surface area (Å²) in [5, 5.41) is 10.5. The molecule has 0 spiro atoms. The zero-order valence-corrected chi connectivity index (χ0v) is 23.4. The van der Waals surface area contributed by atoms with Crippen molar-refractivity contribution in [2.75, 3.05) is 7.11 Å². The molecular weight excluding hydrogens is 516 g/mol. The second-order valence-corrected chi connectivity index (χ2v) is 10.8. The summed E-state index contributed by atoms with van der Waals surface area (Å²) < 4.78 is 12.7. The van der Waals surface area contributed by atoms with E-state index < -0.39 is 5.60 Å². The monoisotopic (exact) mass is 546 g/mol. The van der Waals surface area contributed by atoms with Crippen LogP contribution in [-0.4, -0.2) is 31.7 Å². The summed E-state index contributed by atoms with van der Waals surface area (Å²) in [6.45, 7) is 7.29. The van der Waals surface area contributed by atoms with E-state index in [4.69, 9.17) is 26.1 Å². The van der Waals surface area contributed by atoms with Gasteiger partial charge in [0, 0.05) is 29.7 Å². The maximum absolute atomic E-state index is 13.5. The first-order valence-electron chi connectivity index (χ1n) is 12.8. The van der Waals surface area contributed by atoms with Gasteiger partial charge in [0.2, 0.25) is 0 Å². The summed E-state index contributed by atoms with van der Waals surface area (Å²) >= 11 is 6.55. The molecule has 1 N–H and O–H groups in total. The number of hydrogen-bond acceptors (Lipinski definition) is 7. The molecule has 0 aliphatic heterocycles. The standard InChI is InChI=1S/C30H31ClN4O4/c1-17-14-32-23(27-22(20-8-9-20)15-33-29(34-27)30(3,4)37)13-24(17)35-18(2)12-25(26(31)28(35)36)39-16-19-6-10-21(38-5)11-7-19/h6-7,10-15,20,37H,8-9,16H2,1-5H3. The third-order valence-electron chi connectivity index (χ3n) is 6.79. The average Bonchev–Trinajstić information content (AvgIpc) is 3.76. The van der Waals surface area contributed by atoms with Gasteiger partial charge in [-0.2, -0.15) is 0 Å². The maximum Gasteiger partial charge on any atom is 0.277 e. The Morgan fingerprint density at radius 2 is 1.82 bits per heavy atom. The van der Waals surface area contributed by atoms with Crippen LogP contribution in [0.15, 0.2) is 53.6 Å². The third-order valence-corrected chi connectivity index (χ3v) is 7.14. The lowest BCUT2D eigenvalue weighted by Crippen LogP contribution is -2.23. The molecule has 0 atom stereocenters. The van der Waals surface area contributed by atoms with Gasteiger partial charge in [0.25, 0.3) is 5.56 Å². The lowest BCUT2D eigenvalue weighted by atomic mass is 10.0. The Morgan fingerprint density at radius 3 is 2.46 bits per heavy atom. The third kappa shape index (κ3) is 5.53. The summed E-state index contributed by atoms with van der Waals surface area (Å²) in [6.07, 6.45) is 5.63. The fourth-order valence-electron chi connectivity index (χ4n) is 4.44. The van der Waals surface area contributed by atoms with Crippen LogP contribution in [0.3, 0.4) is 0 Å². The highest BCUT2D eigenvalue weighted by atomic mass is 35.5. The predicted molar refractivity (Wildman–Crippen MR) is 150 cm³/mol. The molecule has 0 amide bonds. The summed E-state index contributed by atoms with van der Waals surface area (Å²) in [5.74, 6) is 1.76. The number of aryl methyl sites for hydroxylation is 2. The molecule has 0 bridgehead atoms. The number of rotatable bonds is 8. The molecule has 202 valence electrons. The van der Waals surface area contributed by atoms with Crippen molar-refractivity contribution in [2.24, 2.45) is 0 Å². The minimum Gasteiger partial charge on any atom is -0.497 e. The summed E-state index contributed by atoms with van der Waals surface area (Å²) in [5.41, 5.74) is 3.72. The highest BCUT2D eigenvalue weighted by molar-refractivity contribution is 6.31. The molecule has 3 aromatic heterocycles. The van der Waals surface area contributed by atoms with Gasteiger partial charge in [-0.15, -0.1) is 0 Å². The molecule has 1 saturated carbocycles. The van der Waals surface area contributed by atoms with Crippen LogP contribution in [-0.2, 0) is 12.2 Å². The zero-order valence-electron chi connectivity index (χ0n) is 22.7. The molecule has 0 unspecified atom stereocenters. The van der Waals surface area contributed by atoms with E-state index in [2.05, 4.69) is 9.97 Å². The van der Waals surface area contributed by atoms with Crippen molar-refractivity contribution in [2.45, 2.75) is 58.7 Å². The average molecular weight is 547 g/mol. The van der Waals surface area contributed by atoms with Crippen molar-refractivity contribution in [3.8, 4) is 28.6 Å². The number of benzene rings is 1. The van der Waals surface area contributed by atoms with Crippen molar-refractivity contribution in [3.63, 3.8) is 0 Å². The Balaban J connectivity index is 1.53. The topological polar surface area (TPSA) is 99.4 Å². The minimum absolute atomic E-state index is 0.00287. The van der Waals surface area contributed by atoms with E-state index in [0.29, 0.717) is 40.3 Å². The van der Waals surface area contributed by atoms with Crippen LogP contribution in [0.1, 0.15) is 60.8 Å². The summed E-state index contributed by atoms with van der Waals surface area (Å²) in [4.78, 5) is 27.3. The number of ether oxygens (including phenoxy) is 2. The lowest BCUT2D eigenvalue weighted by Gasteiger charge is -2.19. The molecule has 1 aliphatic rings. The van der Waals surface area contributed by atoms with Gasteiger partial charge in [0.15, 0.2) is 5.82 Å². The molecule has 1 fully saturated rings. The minimum atomic E-state index is -1.20. The van der Waals surface area contributed by atoms with Crippen LogP contribution in [0.4, 0.5) is 0 Å². The second-order valence-electron chi connectivity index (χ2n) is 10.4. The zero-order chi connectivity index (χ0) is 27.9. The van der Waals surface area contributed by atoms with Gasteiger partial charge in [-0.1, -0.05) is 23.7 Å². The highest BCUT2D eigenvalue weighted by Crippen LogP contribution is 2.43. The normalized spacial score (nSPS) is 13.4. The van der Waals surface area contributed by atoms with Crippen molar-refractivity contribution in [3.05, 3.63) is 92.4 Å². The summed E-state index contributed by atoms with van der Waals surface area (Å²) in [7, 11) is 1.61. The van der Waals surface area contributed by atoms with Crippen LogP contribution in [0.2, 0.25) is 5.02 Å². The van der Waals surface area contributed by atoms with Gasteiger partial charge in [-0.05, 0) is 75.8 Å². The quantitative estimate of drug-likeness (QED) is 0.305. The highest BCUT2D eigenvalue weighted by Gasteiger charge is 2.30. The first kappa shape index (κ1) is 26.8. The number of hydrogen-bond donors (Lipinski definition) is 1. The number of pyridine rings is 2. The Kier molecular flexibility index (Phi) is 7.18. The molecule has 5 rings (SSSR count). The van der Waals surface area contributed by atoms with Crippen LogP contribution < -0.4 is 15.0 Å². The van der Waals surface area contributed by atoms with Gasteiger partial charge in [0.05, 0.1) is 24.2 Å². The number of aromatic nitrogens is 4. The molecular formula is C30H31ClN4O4. The summed E-state index contributed by atoms with van der Waals surface area (Å²) in [6, 6.07) is 11.1. The largest absolute Gasteiger partial charge is 0.497 e. The van der Waals surface area contributed by atoms with Crippen LogP contribution in [0.25, 0.3) is 17.1 Å². The molecule has 9 heteroatoms. The van der Waals surface area contributed by atoms with Crippen LogP contribution in [0, 0.1) is 13.8 Å². The smallest absolute Gasteiger partial charge is 0.277 e.